The number of anilines is 1. The Hall–Kier alpha value is -1.23. The lowest BCUT2D eigenvalue weighted by atomic mass is 9.96. The molecular weight excluding hydrogens is 241 g/mol. The summed E-state index contributed by atoms with van der Waals surface area (Å²) in [5.41, 5.74) is 1.01. The SMILES string of the molecule is CCNCC1CCc2ccc(C(F)(F)F)cc2N1. The highest BCUT2D eigenvalue weighted by Crippen LogP contribution is 2.34. The number of hydrogen-bond donors (Lipinski definition) is 2. The third kappa shape index (κ3) is 2.96. The molecule has 0 aromatic heterocycles. The fourth-order valence-electron chi connectivity index (χ4n) is 2.20. The fourth-order valence-corrected chi connectivity index (χ4v) is 2.20. The van der Waals surface area contributed by atoms with Crippen LogP contribution in [0.1, 0.15) is 24.5 Å². The summed E-state index contributed by atoms with van der Waals surface area (Å²) in [5.74, 6) is 0. The molecule has 1 unspecified atom stereocenters. The molecular formula is C13H17F3N2. The van der Waals surface area contributed by atoms with Crippen molar-refractivity contribution in [2.45, 2.75) is 32.0 Å². The average Bonchev–Trinajstić information content (AvgIpc) is 2.34. The summed E-state index contributed by atoms with van der Waals surface area (Å²) in [6, 6.07) is 4.16. The standard InChI is InChI=1S/C13H17F3N2/c1-2-17-8-11-6-4-9-3-5-10(13(14,15)16)7-12(9)18-11/h3,5,7,11,17-18H,2,4,6,8H2,1H3. The van der Waals surface area contributed by atoms with E-state index in [4.69, 9.17) is 0 Å². The highest BCUT2D eigenvalue weighted by molar-refractivity contribution is 5.56. The van der Waals surface area contributed by atoms with E-state index in [9.17, 15) is 13.2 Å². The first-order valence-corrected chi connectivity index (χ1v) is 6.18. The number of aryl methyl sites for hydroxylation is 1. The van der Waals surface area contributed by atoms with Gasteiger partial charge >= 0.3 is 6.18 Å². The van der Waals surface area contributed by atoms with Crippen molar-refractivity contribution >= 4 is 5.69 Å². The van der Waals surface area contributed by atoms with Crippen molar-refractivity contribution < 1.29 is 13.2 Å². The van der Waals surface area contributed by atoms with Crippen LogP contribution in [0.2, 0.25) is 0 Å². The van der Waals surface area contributed by atoms with Crippen LogP contribution in [-0.4, -0.2) is 19.1 Å². The molecule has 0 aliphatic carbocycles. The largest absolute Gasteiger partial charge is 0.416 e. The minimum atomic E-state index is -4.27. The van der Waals surface area contributed by atoms with Gasteiger partial charge in [0.15, 0.2) is 0 Å². The Morgan fingerprint density at radius 2 is 2.17 bits per heavy atom. The lowest BCUT2D eigenvalue weighted by Crippen LogP contribution is -2.35. The van der Waals surface area contributed by atoms with Crippen molar-refractivity contribution in [2.24, 2.45) is 0 Å². The number of halogens is 3. The third-order valence-electron chi connectivity index (χ3n) is 3.20. The minimum absolute atomic E-state index is 0.209. The number of rotatable bonds is 3. The van der Waals surface area contributed by atoms with Crippen LogP contribution in [0.25, 0.3) is 0 Å². The zero-order chi connectivity index (χ0) is 13.2. The lowest BCUT2D eigenvalue weighted by molar-refractivity contribution is -0.137. The molecule has 0 spiro atoms. The summed E-state index contributed by atoms with van der Waals surface area (Å²) in [6.45, 7) is 3.67. The number of fused-ring (bicyclic) bond motifs is 1. The molecule has 0 radical (unpaired) electrons. The van der Waals surface area contributed by atoms with Crippen LogP contribution in [0.3, 0.4) is 0 Å². The average molecular weight is 258 g/mol. The number of nitrogens with one attached hydrogen (secondary N) is 2. The quantitative estimate of drug-likeness (QED) is 0.870. The fraction of sp³-hybridized carbons (Fsp3) is 0.538. The normalized spacial score (nSPS) is 19.2. The van der Waals surface area contributed by atoms with Crippen LogP contribution >= 0.6 is 0 Å². The maximum atomic E-state index is 12.6. The lowest BCUT2D eigenvalue weighted by Gasteiger charge is -2.28. The van der Waals surface area contributed by atoms with Gasteiger partial charge in [-0.3, -0.25) is 0 Å². The molecule has 0 bridgehead atoms. The van der Waals surface area contributed by atoms with E-state index in [1.807, 2.05) is 6.92 Å². The zero-order valence-electron chi connectivity index (χ0n) is 10.3. The maximum absolute atomic E-state index is 12.6. The van der Waals surface area contributed by atoms with Gasteiger partial charge in [0.1, 0.15) is 0 Å². The van der Waals surface area contributed by atoms with Crippen molar-refractivity contribution in [1.82, 2.24) is 5.32 Å². The van der Waals surface area contributed by atoms with Gasteiger partial charge < -0.3 is 10.6 Å². The molecule has 100 valence electrons. The Morgan fingerprint density at radius 3 is 2.83 bits per heavy atom. The smallest absolute Gasteiger partial charge is 0.381 e. The van der Waals surface area contributed by atoms with E-state index in [0.717, 1.165) is 37.6 Å². The Labute approximate surface area is 105 Å². The Morgan fingerprint density at radius 1 is 1.39 bits per heavy atom. The molecule has 1 aliphatic heterocycles. The number of likely N-dealkylation sites (N-methyl/N-ethyl adjacent to an activating group) is 1. The third-order valence-corrected chi connectivity index (χ3v) is 3.20. The molecule has 18 heavy (non-hydrogen) atoms. The number of benzene rings is 1. The van der Waals surface area contributed by atoms with E-state index in [2.05, 4.69) is 10.6 Å². The highest BCUT2D eigenvalue weighted by Gasteiger charge is 2.31. The molecule has 1 atom stereocenters. The van der Waals surface area contributed by atoms with Crippen LogP contribution in [0.15, 0.2) is 18.2 Å². The van der Waals surface area contributed by atoms with Crippen molar-refractivity contribution in [3.63, 3.8) is 0 Å². The molecule has 5 heteroatoms. The van der Waals surface area contributed by atoms with Crippen molar-refractivity contribution in [3.05, 3.63) is 29.3 Å². The molecule has 1 heterocycles. The van der Waals surface area contributed by atoms with Gasteiger partial charge in [-0.1, -0.05) is 13.0 Å². The summed E-state index contributed by atoms with van der Waals surface area (Å²) in [6.07, 6.45) is -2.49. The molecule has 0 amide bonds. The predicted octanol–water partition coefficient (Wildman–Crippen LogP) is 3.04. The Kier molecular flexibility index (Phi) is 3.80. The second-order valence-electron chi connectivity index (χ2n) is 4.56. The first-order valence-electron chi connectivity index (χ1n) is 6.18. The zero-order valence-corrected chi connectivity index (χ0v) is 10.3. The van der Waals surface area contributed by atoms with E-state index in [-0.39, 0.29) is 6.04 Å². The van der Waals surface area contributed by atoms with E-state index < -0.39 is 11.7 Å². The second kappa shape index (κ2) is 5.18. The van der Waals surface area contributed by atoms with Gasteiger partial charge in [0.25, 0.3) is 0 Å². The summed E-state index contributed by atoms with van der Waals surface area (Å²) in [5, 5.41) is 6.39. The molecule has 1 aromatic carbocycles. The second-order valence-corrected chi connectivity index (χ2v) is 4.56. The molecule has 0 saturated heterocycles. The Bertz CT molecular complexity index is 415. The van der Waals surface area contributed by atoms with Crippen molar-refractivity contribution in [3.8, 4) is 0 Å². The maximum Gasteiger partial charge on any atom is 0.416 e. The van der Waals surface area contributed by atoms with E-state index in [1.54, 1.807) is 6.07 Å². The number of hydrogen-bond acceptors (Lipinski definition) is 2. The molecule has 2 rings (SSSR count). The minimum Gasteiger partial charge on any atom is -0.381 e. The van der Waals surface area contributed by atoms with Gasteiger partial charge in [0.2, 0.25) is 0 Å². The molecule has 0 fully saturated rings. The van der Waals surface area contributed by atoms with Crippen LogP contribution in [0.5, 0.6) is 0 Å². The monoisotopic (exact) mass is 258 g/mol. The number of alkyl halides is 3. The van der Waals surface area contributed by atoms with Gasteiger partial charge in [-0.25, -0.2) is 0 Å². The molecule has 2 nitrogen and oxygen atoms in total. The summed E-state index contributed by atoms with van der Waals surface area (Å²) in [7, 11) is 0. The predicted molar refractivity (Wildman–Crippen MR) is 65.7 cm³/mol. The topological polar surface area (TPSA) is 24.1 Å². The van der Waals surface area contributed by atoms with Crippen LogP contribution in [0.4, 0.5) is 18.9 Å². The summed E-state index contributed by atoms with van der Waals surface area (Å²) >= 11 is 0. The summed E-state index contributed by atoms with van der Waals surface area (Å²) < 4.78 is 37.9. The van der Waals surface area contributed by atoms with E-state index in [0.29, 0.717) is 5.69 Å². The van der Waals surface area contributed by atoms with Gasteiger partial charge in [0, 0.05) is 18.3 Å². The van der Waals surface area contributed by atoms with Crippen LogP contribution in [-0.2, 0) is 12.6 Å². The van der Waals surface area contributed by atoms with E-state index in [1.165, 1.54) is 6.07 Å². The van der Waals surface area contributed by atoms with Gasteiger partial charge in [-0.05, 0) is 37.1 Å². The van der Waals surface area contributed by atoms with Crippen molar-refractivity contribution in [1.29, 1.82) is 0 Å². The van der Waals surface area contributed by atoms with Crippen LogP contribution < -0.4 is 10.6 Å². The first-order chi connectivity index (χ1) is 8.50. The van der Waals surface area contributed by atoms with Crippen molar-refractivity contribution in [2.75, 3.05) is 18.4 Å². The molecule has 0 saturated carbocycles. The van der Waals surface area contributed by atoms with Gasteiger partial charge in [0.05, 0.1) is 5.56 Å². The molecule has 1 aliphatic rings. The molecule has 1 aromatic rings. The summed E-state index contributed by atoms with van der Waals surface area (Å²) in [4.78, 5) is 0. The van der Waals surface area contributed by atoms with E-state index >= 15 is 0 Å². The molecule has 2 N–H and O–H groups in total. The van der Waals surface area contributed by atoms with Crippen LogP contribution in [0, 0.1) is 0 Å². The van der Waals surface area contributed by atoms with Gasteiger partial charge in [-0.2, -0.15) is 13.2 Å². The van der Waals surface area contributed by atoms with Gasteiger partial charge in [-0.15, -0.1) is 0 Å². The first kappa shape index (κ1) is 13.2. The highest BCUT2D eigenvalue weighted by atomic mass is 19.4. The Balaban J connectivity index is 2.14.